The first-order valence-corrected chi connectivity index (χ1v) is 24.7. The molecule has 1 aliphatic carbocycles. The molecule has 8 heteroatoms. The van der Waals surface area contributed by atoms with E-state index in [2.05, 4.69) is 76.2 Å². The maximum absolute atomic E-state index is 12.4. The molecule has 0 amide bonds. The van der Waals surface area contributed by atoms with Crippen molar-refractivity contribution in [1.82, 2.24) is 0 Å². The summed E-state index contributed by atoms with van der Waals surface area (Å²) in [5.74, 6) is 2.82. The maximum Gasteiger partial charge on any atom is 0.152 e. The molecule has 4 aromatic rings. The van der Waals surface area contributed by atoms with E-state index in [1.807, 2.05) is 24.3 Å². The maximum atomic E-state index is 12.4. The standard InChI is InChI=1S/C60H72O8/c1-9-13-25-65-57-49-29-45(21-17-41(5)61)30-50(57)38-52-32-47(23-19-43(7)63)34-54(59(52)67-27-15-11-3)40-56-36-48(24-20-44(8)64)35-55(60(56)68-28-16-12-4)39-53-33-46(22-18-42(6)62)31-51(37-49)58(53)66-26-14-10-2/h17-24,29-36H,9-16,25-28,37-40H2,1-8H3/b21-17+,22-18+,23-19+,24-20+. The number of rotatable bonds is 24. The number of carbonyl (C=O) groups excluding carboxylic acids is 4. The molecule has 1 aliphatic rings. The lowest BCUT2D eigenvalue weighted by atomic mass is 9.88. The molecule has 360 valence electrons. The van der Waals surface area contributed by atoms with E-state index in [4.69, 9.17) is 18.9 Å². The van der Waals surface area contributed by atoms with Gasteiger partial charge in [-0.25, -0.2) is 0 Å². The SMILES string of the molecule is CCCCOc1c2cc(/C=C/C(C)=O)cc1Cc1cc(/C=C/C(C)=O)cc(c1OCCCC)Cc1cc(/C=C/C(C)=O)cc(c1OCCCC)Cc1cc(/C=C/C(C)=O)cc(c1OCCCC)C2. The van der Waals surface area contributed by atoms with Crippen LogP contribution in [0.3, 0.4) is 0 Å². The van der Waals surface area contributed by atoms with Gasteiger partial charge in [-0.2, -0.15) is 0 Å². The quantitative estimate of drug-likeness (QED) is 0.0445. The second kappa shape index (κ2) is 26.9. The lowest BCUT2D eigenvalue weighted by Crippen LogP contribution is -2.11. The van der Waals surface area contributed by atoms with E-state index < -0.39 is 0 Å². The second-order valence-electron chi connectivity index (χ2n) is 18.0. The molecule has 0 N–H and O–H groups in total. The molecule has 8 bridgehead atoms. The van der Waals surface area contributed by atoms with Crippen LogP contribution in [0.15, 0.2) is 72.8 Å². The van der Waals surface area contributed by atoms with Gasteiger partial charge in [0.15, 0.2) is 23.1 Å². The van der Waals surface area contributed by atoms with Gasteiger partial charge < -0.3 is 18.9 Å². The Balaban J connectivity index is 2.00. The predicted molar refractivity (Wildman–Crippen MR) is 277 cm³/mol. The summed E-state index contributed by atoms with van der Waals surface area (Å²) in [5.41, 5.74) is 10.8. The molecule has 5 rings (SSSR count). The second-order valence-corrected chi connectivity index (χ2v) is 18.0. The van der Waals surface area contributed by atoms with Gasteiger partial charge >= 0.3 is 0 Å². The summed E-state index contributed by atoms with van der Waals surface area (Å²) >= 11 is 0. The molecule has 0 atom stereocenters. The zero-order chi connectivity index (χ0) is 49.0. The number of carbonyl (C=O) groups is 4. The first-order valence-electron chi connectivity index (χ1n) is 24.7. The smallest absolute Gasteiger partial charge is 0.152 e. The van der Waals surface area contributed by atoms with Gasteiger partial charge in [0.1, 0.15) is 23.0 Å². The third-order valence-corrected chi connectivity index (χ3v) is 11.6. The van der Waals surface area contributed by atoms with Gasteiger partial charge in [-0.05, 0) is 193 Å². The van der Waals surface area contributed by atoms with Crippen LogP contribution in [0, 0.1) is 0 Å². The molecular formula is C60H72O8. The molecule has 0 spiro atoms. The Kier molecular flexibility index (Phi) is 20.8. The zero-order valence-corrected chi connectivity index (χ0v) is 41.8. The monoisotopic (exact) mass is 921 g/mol. The molecule has 0 saturated carbocycles. The van der Waals surface area contributed by atoms with E-state index in [0.717, 1.165) is 141 Å². The highest BCUT2D eigenvalue weighted by Gasteiger charge is 2.24. The van der Waals surface area contributed by atoms with Crippen LogP contribution in [0.4, 0.5) is 0 Å². The van der Waals surface area contributed by atoms with Gasteiger partial charge in [0.05, 0.1) is 26.4 Å². The Labute approximate surface area is 405 Å². The molecule has 0 saturated heterocycles. The number of ketones is 4. The van der Waals surface area contributed by atoms with Gasteiger partial charge in [0, 0.05) is 25.7 Å². The van der Waals surface area contributed by atoms with Crippen molar-refractivity contribution in [1.29, 1.82) is 0 Å². The van der Waals surface area contributed by atoms with Gasteiger partial charge in [-0.3, -0.25) is 19.2 Å². The summed E-state index contributed by atoms with van der Waals surface area (Å²) in [7, 11) is 0. The fourth-order valence-corrected chi connectivity index (χ4v) is 8.25. The largest absolute Gasteiger partial charge is 0.493 e. The van der Waals surface area contributed by atoms with Crippen LogP contribution < -0.4 is 18.9 Å². The molecule has 68 heavy (non-hydrogen) atoms. The number of unbranched alkanes of at least 4 members (excludes halogenated alkanes) is 4. The van der Waals surface area contributed by atoms with E-state index in [1.54, 1.807) is 52.0 Å². The molecule has 0 aromatic heterocycles. The molecular weight excluding hydrogens is 849 g/mol. The van der Waals surface area contributed by atoms with Gasteiger partial charge in [-0.1, -0.05) is 77.7 Å². The highest BCUT2D eigenvalue weighted by molar-refractivity contribution is 5.93. The summed E-state index contributed by atoms with van der Waals surface area (Å²) in [6, 6.07) is 16.8. The summed E-state index contributed by atoms with van der Waals surface area (Å²) in [6.07, 6.45) is 22.7. The first kappa shape index (κ1) is 52.7. The highest BCUT2D eigenvalue weighted by Crippen LogP contribution is 2.41. The predicted octanol–water partition coefficient (Wildman–Crippen LogP) is 13.5. The number of benzene rings is 4. The molecule has 4 aromatic carbocycles. The minimum Gasteiger partial charge on any atom is -0.493 e. The van der Waals surface area contributed by atoms with Crippen LogP contribution in [0.25, 0.3) is 24.3 Å². The van der Waals surface area contributed by atoms with Crippen molar-refractivity contribution in [3.05, 3.63) is 140 Å². The van der Waals surface area contributed by atoms with Crippen molar-refractivity contribution in [3.63, 3.8) is 0 Å². The Morgan fingerprint density at radius 1 is 0.353 bits per heavy atom. The van der Waals surface area contributed by atoms with E-state index in [1.165, 1.54) is 0 Å². The molecule has 0 unspecified atom stereocenters. The van der Waals surface area contributed by atoms with E-state index in [0.29, 0.717) is 52.1 Å². The minimum absolute atomic E-state index is 0.0607. The normalized spacial score (nSPS) is 12.6. The fourth-order valence-electron chi connectivity index (χ4n) is 8.25. The molecule has 8 nitrogen and oxygen atoms in total. The third kappa shape index (κ3) is 15.9. The van der Waals surface area contributed by atoms with Crippen molar-refractivity contribution >= 4 is 47.4 Å². The lowest BCUT2D eigenvalue weighted by molar-refractivity contribution is -0.113. The van der Waals surface area contributed by atoms with E-state index in [-0.39, 0.29) is 23.1 Å². The summed E-state index contributed by atoms with van der Waals surface area (Å²) in [6.45, 7) is 16.8. The number of allylic oxidation sites excluding steroid dienone is 4. The van der Waals surface area contributed by atoms with Gasteiger partial charge in [0.2, 0.25) is 0 Å². The molecule has 0 radical (unpaired) electrons. The number of hydrogen-bond donors (Lipinski definition) is 0. The van der Waals surface area contributed by atoms with Crippen LogP contribution in [0.5, 0.6) is 23.0 Å². The van der Waals surface area contributed by atoms with Crippen LogP contribution in [0.1, 0.15) is 174 Å². The van der Waals surface area contributed by atoms with Crippen LogP contribution in [-0.4, -0.2) is 49.6 Å². The third-order valence-electron chi connectivity index (χ3n) is 11.6. The number of hydrogen-bond acceptors (Lipinski definition) is 8. The van der Waals surface area contributed by atoms with Crippen molar-refractivity contribution in [2.75, 3.05) is 26.4 Å². The Bertz CT molecular complexity index is 2090. The summed E-state index contributed by atoms with van der Waals surface area (Å²) in [4.78, 5) is 49.8. The van der Waals surface area contributed by atoms with Crippen molar-refractivity contribution < 1.29 is 38.1 Å². The van der Waals surface area contributed by atoms with Crippen LogP contribution in [-0.2, 0) is 44.9 Å². The summed E-state index contributed by atoms with van der Waals surface area (Å²) < 4.78 is 27.5. The molecule has 0 aliphatic heterocycles. The molecule has 0 heterocycles. The van der Waals surface area contributed by atoms with E-state index >= 15 is 0 Å². The average molecular weight is 921 g/mol. The highest BCUT2D eigenvalue weighted by atomic mass is 16.5. The van der Waals surface area contributed by atoms with Crippen molar-refractivity contribution in [3.8, 4) is 23.0 Å². The zero-order valence-electron chi connectivity index (χ0n) is 41.8. The van der Waals surface area contributed by atoms with Crippen LogP contribution >= 0.6 is 0 Å². The fraction of sp³-hybridized carbons (Fsp3) is 0.400. The van der Waals surface area contributed by atoms with Crippen LogP contribution in [0.2, 0.25) is 0 Å². The number of fused-ring (bicyclic) bond motifs is 8. The van der Waals surface area contributed by atoms with Gasteiger partial charge in [0.25, 0.3) is 0 Å². The van der Waals surface area contributed by atoms with Crippen molar-refractivity contribution in [2.24, 2.45) is 0 Å². The Hall–Kier alpha value is -6.28. The first-order chi connectivity index (χ1) is 32.8. The van der Waals surface area contributed by atoms with Crippen molar-refractivity contribution in [2.45, 2.75) is 132 Å². The van der Waals surface area contributed by atoms with E-state index in [9.17, 15) is 19.2 Å². The lowest BCUT2D eigenvalue weighted by Gasteiger charge is -2.24. The Morgan fingerprint density at radius 3 is 0.676 bits per heavy atom. The minimum atomic E-state index is -0.0607. The number of ether oxygens (including phenoxy) is 4. The average Bonchev–Trinajstić information content (AvgIpc) is 3.29. The summed E-state index contributed by atoms with van der Waals surface area (Å²) in [5, 5.41) is 0. The Morgan fingerprint density at radius 2 is 0.529 bits per heavy atom. The molecule has 0 fully saturated rings. The van der Waals surface area contributed by atoms with Gasteiger partial charge in [-0.15, -0.1) is 0 Å². The topological polar surface area (TPSA) is 105 Å².